The van der Waals surface area contributed by atoms with Crippen molar-refractivity contribution in [3.63, 3.8) is 0 Å². The van der Waals surface area contributed by atoms with Crippen LogP contribution in [-0.2, 0) is 21.4 Å². The van der Waals surface area contributed by atoms with Crippen molar-refractivity contribution >= 4 is 44.8 Å². The molecule has 0 bridgehead atoms. The molecule has 0 aliphatic heterocycles. The van der Waals surface area contributed by atoms with Gasteiger partial charge in [-0.2, -0.15) is 0 Å². The molecule has 2 rings (SSSR count). The Hall–Kier alpha value is -1.76. The molecule has 0 atom stereocenters. The maximum absolute atomic E-state index is 12.5. The minimum Gasteiger partial charge on any atom is -0.340 e. The summed E-state index contributed by atoms with van der Waals surface area (Å²) in [6.45, 7) is 0.0166. The minimum atomic E-state index is -3.72. The van der Waals surface area contributed by atoms with E-state index in [9.17, 15) is 13.2 Å². The van der Waals surface area contributed by atoms with E-state index in [4.69, 9.17) is 23.2 Å². The SMILES string of the molecule is CN(Cc1ccccc1)C(=O)CN(c1cccc(Cl)c1Cl)S(C)(=O)=O. The van der Waals surface area contributed by atoms with E-state index < -0.39 is 10.0 Å². The highest BCUT2D eigenvalue weighted by Gasteiger charge is 2.25. The number of carbonyl (C=O) groups excluding carboxylic acids is 1. The van der Waals surface area contributed by atoms with Crippen LogP contribution in [0.3, 0.4) is 0 Å². The zero-order valence-electron chi connectivity index (χ0n) is 13.8. The summed E-state index contributed by atoms with van der Waals surface area (Å²) in [6, 6.07) is 14.1. The van der Waals surface area contributed by atoms with Crippen LogP contribution in [0.15, 0.2) is 48.5 Å². The summed E-state index contributed by atoms with van der Waals surface area (Å²) in [4.78, 5) is 14.0. The predicted molar refractivity (Wildman–Crippen MR) is 102 cm³/mol. The summed E-state index contributed by atoms with van der Waals surface area (Å²) in [6.07, 6.45) is 1.02. The van der Waals surface area contributed by atoms with Gasteiger partial charge in [0.1, 0.15) is 6.54 Å². The Morgan fingerprint density at radius 1 is 1.04 bits per heavy atom. The summed E-state index contributed by atoms with van der Waals surface area (Å²) in [7, 11) is -2.10. The first-order valence-electron chi connectivity index (χ1n) is 7.39. The van der Waals surface area contributed by atoms with E-state index in [-0.39, 0.29) is 28.2 Å². The normalized spacial score (nSPS) is 11.2. The molecule has 0 saturated carbocycles. The first-order valence-corrected chi connectivity index (χ1v) is 10.00. The second kappa shape index (κ2) is 8.08. The van der Waals surface area contributed by atoms with Crippen molar-refractivity contribution in [1.29, 1.82) is 0 Å². The molecule has 0 spiro atoms. The van der Waals surface area contributed by atoms with Crippen molar-refractivity contribution in [3.8, 4) is 0 Å². The molecule has 5 nitrogen and oxygen atoms in total. The van der Waals surface area contributed by atoms with Gasteiger partial charge in [-0.1, -0.05) is 59.6 Å². The second-order valence-electron chi connectivity index (χ2n) is 5.58. The fourth-order valence-electron chi connectivity index (χ4n) is 2.26. The fraction of sp³-hybridized carbons (Fsp3) is 0.235. The molecule has 0 aliphatic rings. The van der Waals surface area contributed by atoms with E-state index in [1.54, 1.807) is 19.2 Å². The van der Waals surface area contributed by atoms with Crippen LogP contribution in [-0.4, -0.2) is 39.1 Å². The number of halogens is 2. The molecule has 2 aromatic rings. The second-order valence-corrected chi connectivity index (χ2v) is 8.27. The largest absolute Gasteiger partial charge is 0.340 e. The molecule has 0 N–H and O–H groups in total. The smallest absolute Gasteiger partial charge is 0.243 e. The number of rotatable bonds is 6. The molecule has 8 heteroatoms. The van der Waals surface area contributed by atoms with Crippen molar-refractivity contribution < 1.29 is 13.2 Å². The lowest BCUT2D eigenvalue weighted by Gasteiger charge is -2.26. The highest BCUT2D eigenvalue weighted by molar-refractivity contribution is 7.92. The highest BCUT2D eigenvalue weighted by Crippen LogP contribution is 2.33. The van der Waals surface area contributed by atoms with Crippen LogP contribution in [0, 0.1) is 0 Å². The Bertz CT molecular complexity index is 857. The molecule has 0 fully saturated rings. The number of amides is 1. The van der Waals surface area contributed by atoms with Gasteiger partial charge < -0.3 is 4.90 Å². The van der Waals surface area contributed by atoms with Crippen LogP contribution in [0.25, 0.3) is 0 Å². The van der Waals surface area contributed by atoms with Crippen LogP contribution in [0.2, 0.25) is 10.0 Å². The summed E-state index contributed by atoms with van der Waals surface area (Å²) in [5.41, 5.74) is 1.13. The molecule has 0 aromatic heterocycles. The lowest BCUT2D eigenvalue weighted by molar-refractivity contribution is -0.128. The predicted octanol–water partition coefficient (Wildman–Crippen LogP) is 3.42. The van der Waals surface area contributed by atoms with Gasteiger partial charge >= 0.3 is 0 Å². The lowest BCUT2D eigenvalue weighted by Crippen LogP contribution is -2.41. The number of anilines is 1. The maximum Gasteiger partial charge on any atom is 0.243 e. The van der Waals surface area contributed by atoms with Crippen molar-refractivity contribution in [2.24, 2.45) is 0 Å². The molecule has 0 radical (unpaired) electrons. The third-order valence-electron chi connectivity index (χ3n) is 3.57. The van der Waals surface area contributed by atoms with Crippen molar-refractivity contribution in [2.75, 3.05) is 24.2 Å². The van der Waals surface area contributed by atoms with Gasteiger partial charge in [-0.3, -0.25) is 9.10 Å². The standard InChI is InChI=1S/C17H18Cl2N2O3S/c1-20(11-13-7-4-3-5-8-13)16(22)12-21(25(2,23)24)15-10-6-9-14(18)17(15)19/h3-10H,11-12H2,1-2H3. The summed E-state index contributed by atoms with van der Waals surface area (Å²) in [5, 5.41) is 0.311. The van der Waals surface area contributed by atoms with E-state index in [0.717, 1.165) is 16.1 Å². The number of sulfonamides is 1. The van der Waals surface area contributed by atoms with Gasteiger partial charge in [0.25, 0.3) is 0 Å². The topological polar surface area (TPSA) is 57.7 Å². The van der Waals surface area contributed by atoms with Crippen LogP contribution >= 0.6 is 23.2 Å². The van der Waals surface area contributed by atoms with Gasteiger partial charge in [-0.15, -0.1) is 0 Å². The molecule has 0 saturated heterocycles. The Balaban J connectivity index is 2.23. The number of hydrogen-bond donors (Lipinski definition) is 0. The Morgan fingerprint density at radius 3 is 2.28 bits per heavy atom. The zero-order chi connectivity index (χ0) is 18.6. The van der Waals surface area contributed by atoms with Gasteiger partial charge in [0.15, 0.2) is 0 Å². The molecule has 0 unspecified atom stereocenters. The van der Waals surface area contributed by atoms with E-state index in [0.29, 0.717) is 6.54 Å². The van der Waals surface area contributed by atoms with Gasteiger partial charge in [0.2, 0.25) is 15.9 Å². The molecule has 134 valence electrons. The first kappa shape index (κ1) is 19.6. The van der Waals surface area contributed by atoms with E-state index >= 15 is 0 Å². The van der Waals surface area contributed by atoms with Gasteiger partial charge in [-0.25, -0.2) is 8.42 Å². The van der Waals surface area contributed by atoms with Gasteiger partial charge in [-0.05, 0) is 17.7 Å². The third kappa shape index (κ3) is 5.11. The fourth-order valence-corrected chi connectivity index (χ4v) is 3.56. The minimum absolute atomic E-state index is 0.0908. The van der Waals surface area contributed by atoms with E-state index in [1.165, 1.54) is 11.0 Å². The summed E-state index contributed by atoms with van der Waals surface area (Å²) < 4.78 is 25.3. The van der Waals surface area contributed by atoms with Crippen molar-refractivity contribution in [1.82, 2.24) is 4.90 Å². The summed E-state index contributed by atoms with van der Waals surface area (Å²) >= 11 is 12.1. The molecule has 2 aromatic carbocycles. The Kier molecular flexibility index (Phi) is 6.32. The van der Waals surface area contributed by atoms with Crippen LogP contribution in [0.1, 0.15) is 5.56 Å². The average molecular weight is 401 g/mol. The average Bonchev–Trinajstić information content (AvgIpc) is 2.55. The zero-order valence-corrected chi connectivity index (χ0v) is 16.1. The first-order chi connectivity index (χ1) is 11.7. The maximum atomic E-state index is 12.5. The number of carbonyl (C=O) groups is 1. The molecular weight excluding hydrogens is 383 g/mol. The highest BCUT2D eigenvalue weighted by atomic mass is 35.5. The molecular formula is C17H18Cl2N2O3S. The molecule has 1 amide bonds. The van der Waals surface area contributed by atoms with Gasteiger partial charge in [0, 0.05) is 13.6 Å². The quantitative estimate of drug-likeness (QED) is 0.746. The number of benzene rings is 2. The van der Waals surface area contributed by atoms with Crippen LogP contribution in [0.4, 0.5) is 5.69 Å². The van der Waals surface area contributed by atoms with E-state index in [1.807, 2.05) is 30.3 Å². The number of nitrogens with zero attached hydrogens (tertiary/aromatic N) is 2. The van der Waals surface area contributed by atoms with Crippen LogP contribution < -0.4 is 4.31 Å². The summed E-state index contributed by atoms with van der Waals surface area (Å²) in [5.74, 6) is -0.356. The molecule has 0 heterocycles. The van der Waals surface area contributed by atoms with Crippen LogP contribution in [0.5, 0.6) is 0 Å². The lowest BCUT2D eigenvalue weighted by atomic mass is 10.2. The van der Waals surface area contributed by atoms with Crippen molar-refractivity contribution in [2.45, 2.75) is 6.54 Å². The number of likely N-dealkylation sites (N-methyl/N-ethyl adjacent to an activating group) is 1. The molecule has 25 heavy (non-hydrogen) atoms. The monoisotopic (exact) mass is 400 g/mol. The number of hydrogen-bond acceptors (Lipinski definition) is 3. The van der Waals surface area contributed by atoms with Gasteiger partial charge in [0.05, 0.1) is 22.0 Å². The van der Waals surface area contributed by atoms with E-state index in [2.05, 4.69) is 0 Å². The molecule has 0 aliphatic carbocycles. The van der Waals surface area contributed by atoms with Crippen molar-refractivity contribution in [3.05, 3.63) is 64.1 Å². The third-order valence-corrected chi connectivity index (χ3v) is 5.50. The Morgan fingerprint density at radius 2 is 1.68 bits per heavy atom. The Labute approximate surface area is 157 Å².